The highest BCUT2D eigenvalue weighted by Crippen LogP contribution is 2.25. The second kappa shape index (κ2) is 2.98. The number of aromatic nitrogens is 4. The van der Waals surface area contributed by atoms with Crippen molar-refractivity contribution in [3.05, 3.63) is 29.8 Å². The minimum absolute atomic E-state index is 0.276. The third-order valence-electron chi connectivity index (χ3n) is 2.67. The molecule has 0 bridgehead atoms. The molecule has 0 unspecified atom stereocenters. The first-order valence-electron chi connectivity index (χ1n) is 4.92. The van der Waals surface area contributed by atoms with Gasteiger partial charge in [0.15, 0.2) is 5.65 Å². The topological polar surface area (TPSA) is 43.6 Å². The van der Waals surface area contributed by atoms with Gasteiger partial charge in [0.1, 0.15) is 17.2 Å². The Hall–Kier alpha value is -2.04. The lowest BCUT2D eigenvalue weighted by atomic mass is 10.2. The summed E-state index contributed by atoms with van der Waals surface area (Å²) >= 11 is 0. The normalized spacial score (nSPS) is 11.4. The van der Waals surface area contributed by atoms with Crippen LogP contribution in [0.1, 0.15) is 5.82 Å². The molecule has 0 aliphatic carbocycles. The predicted octanol–water partition coefficient (Wildman–Crippen LogP) is 1.96. The van der Waals surface area contributed by atoms with Crippen molar-refractivity contribution in [1.29, 1.82) is 0 Å². The van der Waals surface area contributed by atoms with Crippen molar-refractivity contribution in [2.45, 2.75) is 6.92 Å². The highest BCUT2D eigenvalue weighted by molar-refractivity contribution is 6.03. The van der Waals surface area contributed by atoms with Gasteiger partial charge in [0.2, 0.25) is 0 Å². The number of hydrogen-bond acceptors (Lipinski definition) is 3. The van der Waals surface area contributed by atoms with Crippen LogP contribution in [0.2, 0.25) is 0 Å². The molecule has 5 heteroatoms. The predicted molar refractivity (Wildman–Crippen MR) is 58.5 cm³/mol. The first-order valence-corrected chi connectivity index (χ1v) is 4.92. The van der Waals surface area contributed by atoms with Crippen LogP contribution < -0.4 is 0 Å². The lowest BCUT2D eigenvalue weighted by Crippen LogP contribution is -1.95. The molecule has 80 valence electrons. The van der Waals surface area contributed by atoms with Crippen LogP contribution in [0.25, 0.3) is 22.1 Å². The van der Waals surface area contributed by atoms with Gasteiger partial charge in [0.05, 0.1) is 5.52 Å². The minimum atomic E-state index is -0.276. The molecule has 3 rings (SSSR count). The Morgan fingerprint density at radius 1 is 1.25 bits per heavy atom. The molecule has 2 heterocycles. The second-order valence-electron chi connectivity index (χ2n) is 3.75. The van der Waals surface area contributed by atoms with E-state index in [-0.39, 0.29) is 5.82 Å². The van der Waals surface area contributed by atoms with E-state index < -0.39 is 0 Å². The summed E-state index contributed by atoms with van der Waals surface area (Å²) in [6, 6.07) is 4.62. The molecule has 2 aromatic heterocycles. The van der Waals surface area contributed by atoms with E-state index in [0.717, 1.165) is 16.6 Å². The number of nitrogens with zero attached hydrogens (tertiary/aromatic N) is 4. The molecular weight excluding hydrogens is 207 g/mol. The van der Waals surface area contributed by atoms with Crippen LogP contribution >= 0.6 is 0 Å². The fraction of sp³-hybridized carbons (Fsp3) is 0.182. The van der Waals surface area contributed by atoms with E-state index in [0.29, 0.717) is 11.3 Å². The van der Waals surface area contributed by atoms with Crippen LogP contribution in [-0.2, 0) is 7.05 Å². The van der Waals surface area contributed by atoms with Gasteiger partial charge in [-0.25, -0.2) is 9.37 Å². The highest BCUT2D eigenvalue weighted by atomic mass is 19.1. The summed E-state index contributed by atoms with van der Waals surface area (Å²) in [5, 5.41) is 8.72. The van der Waals surface area contributed by atoms with Gasteiger partial charge >= 0.3 is 0 Å². The zero-order valence-corrected chi connectivity index (χ0v) is 8.90. The molecule has 1 aromatic carbocycles. The summed E-state index contributed by atoms with van der Waals surface area (Å²) in [4.78, 5) is 4.31. The first kappa shape index (κ1) is 9.21. The van der Waals surface area contributed by atoms with E-state index >= 15 is 0 Å². The van der Waals surface area contributed by atoms with Crippen LogP contribution in [0.5, 0.6) is 0 Å². The molecule has 0 fully saturated rings. The van der Waals surface area contributed by atoms with Crippen LogP contribution in [0.4, 0.5) is 4.39 Å². The third kappa shape index (κ3) is 1.11. The van der Waals surface area contributed by atoms with Gasteiger partial charge in [-0.2, -0.15) is 0 Å². The summed E-state index contributed by atoms with van der Waals surface area (Å²) in [6.07, 6.45) is 0. The standard InChI is InChI=1S/C11H9FN4/c1-6-13-11-10(15-14-6)8-5-7(12)3-4-9(8)16(11)2/h3-5H,1-2H3. The molecule has 0 atom stereocenters. The average Bonchev–Trinajstić information content (AvgIpc) is 2.52. The largest absolute Gasteiger partial charge is 0.327 e. The zero-order valence-electron chi connectivity index (χ0n) is 8.90. The molecule has 0 radical (unpaired) electrons. The van der Waals surface area contributed by atoms with E-state index in [4.69, 9.17) is 0 Å². The van der Waals surface area contributed by atoms with E-state index in [1.807, 2.05) is 11.6 Å². The lowest BCUT2D eigenvalue weighted by Gasteiger charge is -1.95. The molecule has 0 saturated carbocycles. The molecule has 3 aromatic rings. The van der Waals surface area contributed by atoms with Crippen LogP contribution in [-0.4, -0.2) is 19.7 Å². The van der Waals surface area contributed by atoms with Gasteiger partial charge in [0, 0.05) is 12.4 Å². The van der Waals surface area contributed by atoms with Crippen molar-refractivity contribution >= 4 is 22.1 Å². The maximum atomic E-state index is 13.2. The molecule has 0 saturated heterocycles. The van der Waals surface area contributed by atoms with E-state index in [1.54, 1.807) is 13.0 Å². The van der Waals surface area contributed by atoms with Gasteiger partial charge in [-0.1, -0.05) is 0 Å². The highest BCUT2D eigenvalue weighted by Gasteiger charge is 2.11. The smallest absolute Gasteiger partial charge is 0.163 e. The van der Waals surface area contributed by atoms with Crippen LogP contribution in [0.15, 0.2) is 18.2 Å². The average molecular weight is 216 g/mol. The van der Waals surface area contributed by atoms with Crippen molar-refractivity contribution in [2.75, 3.05) is 0 Å². The second-order valence-corrected chi connectivity index (χ2v) is 3.75. The van der Waals surface area contributed by atoms with Crippen LogP contribution in [0.3, 0.4) is 0 Å². The summed E-state index contributed by atoms with van der Waals surface area (Å²) in [7, 11) is 1.89. The molecule has 0 spiro atoms. The van der Waals surface area contributed by atoms with Gasteiger partial charge in [-0.3, -0.25) is 0 Å². The third-order valence-corrected chi connectivity index (χ3v) is 2.67. The minimum Gasteiger partial charge on any atom is -0.327 e. The summed E-state index contributed by atoms with van der Waals surface area (Å²) in [5.41, 5.74) is 2.28. The van der Waals surface area contributed by atoms with Gasteiger partial charge in [0.25, 0.3) is 0 Å². The van der Waals surface area contributed by atoms with Crippen molar-refractivity contribution in [2.24, 2.45) is 7.05 Å². The van der Waals surface area contributed by atoms with Crippen molar-refractivity contribution in [3.8, 4) is 0 Å². The van der Waals surface area contributed by atoms with E-state index in [9.17, 15) is 4.39 Å². The van der Waals surface area contributed by atoms with Crippen molar-refractivity contribution < 1.29 is 4.39 Å². The molecule has 0 aliphatic heterocycles. The Morgan fingerprint density at radius 2 is 2.06 bits per heavy atom. The number of fused-ring (bicyclic) bond motifs is 3. The summed E-state index contributed by atoms with van der Waals surface area (Å²) in [5.74, 6) is 0.334. The number of halogens is 1. The first-order chi connectivity index (χ1) is 7.66. The number of rotatable bonds is 0. The quantitative estimate of drug-likeness (QED) is 0.577. The number of hydrogen-bond donors (Lipinski definition) is 0. The van der Waals surface area contributed by atoms with Crippen LogP contribution in [0, 0.1) is 12.7 Å². The Balaban J connectivity index is 2.59. The maximum Gasteiger partial charge on any atom is 0.163 e. The Labute approximate surface area is 90.7 Å². The Kier molecular flexibility index (Phi) is 1.71. The van der Waals surface area contributed by atoms with Crippen molar-refractivity contribution in [1.82, 2.24) is 19.7 Å². The van der Waals surface area contributed by atoms with Gasteiger partial charge in [-0.15, -0.1) is 10.2 Å². The van der Waals surface area contributed by atoms with Gasteiger partial charge < -0.3 is 4.57 Å². The molecule has 0 amide bonds. The number of benzene rings is 1. The SMILES string of the molecule is Cc1nnc2c3cc(F)ccc3n(C)c2n1. The summed E-state index contributed by atoms with van der Waals surface area (Å²) in [6.45, 7) is 1.78. The monoisotopic (exact) mass is 216 g/mol. The van der Waals surface area contributed by atoms with Gasteiger partial charge in [-0.05, 0) is 25.1 Å². The number of aryl methyl sites for hydroxylation is 2. The Morgan fingerprint density at radius 3 is 2.88 bits per heavy atom. The zero-order chi connectivity index (χ0) is 11.3. The molecule has 0 aliphatic rings. The molecule has 4 nitrogen and oxygen atoms in total. The fourth-order valence-corrected chi connectivity index (χ4v) is 1.91. The van der Waals surface area contributed by atoms with E-state index in [1.165, 1.54) is 12.1 Å². The molecule has 0 N–H and O–H groups in total. The lowest BCUT2D eigenvalue weighted by molar-refractivity contribution is 0.629. The van der Waals surface area contributed by atoms with Crippen molar-refractivity contribution in [3.63, 3.8) is 0 Å². The van der Waals surface area contributed by atoms with E-state index in [2.05, 4.69) is 15.2 Å². The molecule has 16 heavy (non-hydrogen) atoms. The summed E-state index contributed by atoms with van der Waals surface area (Å²) < 4.78 is 15.1. The fourth-order valence-electron chi connectivity index (χ4n) is 1.91. The molecular formula is C11H9FN4. The Bertz CT molecular complexity index is 702. The maximum absolute atomic E-state index is 13.2.